The van der Waals surface area contributed by atoms with Gasteiger partial charge in [-0.2, -0.15) is 0 Å². The van der Waals surface area contributed by atoms with Crippen molar-refractivity contribution in [3.8, 4) is 0 Å². The third-order valence-electron chi connectivity index (χ3n) is 2.00. The molecule has 0 unspecified atom stereocenters. The summed E-state index contributed by atoms with van der Waals surface area (Å²) in [6, 6.07) is 0. The molecular formula is C13H18. The van der Waals surface area contributed by atoms with Gasteiger partial charge >= 0.3 is 0 Å². The van der Waals surface area contributed by atoms with Crippen LogP contribution in [0.3, 0.4) is 0 Å². The zero-order valence-corrected chi connectivity index (χ0v) is 8.15. The minimum Gasteiger partial charge on any atom is -0.0882 e. The topological polar surface area (TPSA) is 0 Å². The van der Waals surface area contributed by atoms with Crippen molar-refractivity contribution in [2.24, 2.45) is 0 Å². The van der Waals surface area contributed by atoms with E-state index in [0.717, 1.165) is 12.8 Å². The van der Waals surface area contributed by atoms with Crippen molar-refractivity contribution in [3.63, 3.8) is 0 Å². The van der Waals surface area contributed by atoms with Gasteiger partial charge in [-0.05, 0) is 32.1 Å². The summed E-state index contributed by atoms with van der Waals surface area (Å²) in [6.45, 7) is 0. The highest BCUT2D eigenvalue weighted by Crippen LogP contribution is 2.01. The molecule has 0 atom stereocenters. The van der Waals surface area contributed by atoms with Crippen LogP contribution in [-0.4, -0.2) is 0 Å². The summed E-state index contributed by atoms with van der Waals surface area (Å²) >= 11 is 0. The minimum atomic E-state index is 1.05. The lowest BCUT2D eigenvalue weighted by Crippen LogP contribution is -1.68. The molecule has 13 heavy (non-hydrogen) atoms. The summed E-state index contributed by atoms with van der Waals surface area (Å²) in [5.74, 6) is 0. The Kier molecular flexibility index (Phi) is 5.87. The van der Waals surface area contributed by atoms with Crippen LogP contribution in [-0.2, 0) is 0 Å². The van der Waals surface area contributed by atoms with E-state index < -0.39 is 0 Å². The second kappa shape index (κ2) is 7.60. The molecule has 1 aliphatic carbocycles. The second-order valence-corrected chi connectivity index (χ2v) is 3.20. The molecule has 0 aliphatic heterocycles. The van der Waals surface area contributed by atoms with Crippen molar-refractivity contribution in [1.29, 1.82) is 0 Å². The van der Waals surface area contributed by atoms with Gasteiger partial charge in [0.1, 0.15) is 0 Å². The fraction of sp³-hybridized carbons (Fsp3) is 0.385. The molecule has 0 aromatic rings. The predicted molar refractivity (Wildman–Crippen MR) is 59.6 cm³/mol. The van der Waals surface area contributed by atoms with Gasteiger partial charge in [0.2, 0.25) is 0 Å². The highest BCUT2D eigenvalue weighted by atomic mass is 13.9. The van der Waals surface area contributed by atoms with Crippen molar-refractivity contribution < 1.29 is 0 Å². The van der Waals surface area contributed by atoms with Gasteiger partial charge in [-0.1, -0.05) is 48.6 Å². The highest BCUT2D eigenvalue weighted by molar-refractivity contribution is 5.06. The Hall–Kier alpha value is -1.04. The molecule has 0 N–H and O–H groups in total. The molecule has 0 spiro atoms. The third kappa shape index (κ3) is 6.15. The third-order valence-corrected chi connectivity index (χ3v) is 2.00. The van der Waals surface area contributed by atoms with E-state index in [2.05, 4.69) is 48.6 Å². The first kappa shape index (κ1) is 10.0. The van der Waals surface area contributed by atoms with Crippen molar-refractivity contribution in [2.45, 2.75) is 32.1 Å². The Bertz CT molecular complexity index is 216. The van der Waals surface area contributed by atoms with Crippen molar-refractivity contribution >= 4 is 0 Å². The summed E-state index contributed by atoms with van der Waals surface area (Å²) in [7, 11) is 0. The van der Waals surface area contributed by atoms with Crippen molar-refractivity contribution in [2.75, 3.05) is 0 Å². The molecule has 1 aliphatic rings. The Morgan fingerprint density at radius 3 is 2.08 bits per heavy atom. The maximum atomic E-state index is 2.28. The normalized spacial score (nSPS) is 28.9. The molecule has 0 heterocycles. The Morgan fingerprint density at radius 1 is 0.538 bits per heavy atom. The Balaban J connectivity index is 2.38. The molecule has 0 radical (unpaired) electrons. The summed E-state index contributed by atoms with van der Waals surface area (Å²) in [5, 5.41) is 0. The zero-order valence-electron chi connectivity index (χ0n) is 8.15. The van der Waals surface area contributed by atoms with Crippen LogP contribution in [0.4, 0.5) is 0 Å². The number of rotatable bonds is 0. The van der Waals surface area contributed by atoms with Crippen LogP contribution < -0.4 is 0 Å². The fourth-order valence-corrected chi connectivity index (χ4v) is 1.25. The molecule has 70 valence electrons. The molecule has 0 nitrogen and oxygen atoms in total. The lowest BCUT2D eigenvalue weighted by Gasteiger charge is -1.88. The molecule has 0 heteroatoms. The standard InChI is InChI=1S/C13H18/c1-2-4-6-8-10-12-13-11-9-7-5-3-1/h1-4,7,9,12-13H,5-6,8,10-11H2/b3-1-,4-2-,9-7-,13-12-. The van der Waals surface area contributed by atoms with Crippen LogP contribution in [0.2, 0.25) is 0 Å². The van der Waals surface area contributed by atoms with E-state index in [0.29, 0.717) is 0 Å². The van der Waals surface area contributed by atoms with Crippen LogP contribution in [0.15, 0.2) is 48.6 Å². The quantitative estimate of drug-likeness (QED) is 0.483. The fourth-order valence-electron chi connectivity index (χ4n) is 1.25. The summed E-state index contributed by atoms with van der Waals surface area (Å²) in [5.41, 5.74) is 0. The number of hydrogen-bond donors (Lipinski definition) is 0. The van der Waals surface area contributed by atoms with Gasteiger partial charge in [0.05, 0.1) is 0 Å². The Labute approximate surface area is 81.4 Å². The first-order valence-corrected chi connectivity index (χ1v) is 5.12. The maximum absolute atomic E-state index is 2.28. The van der Waals surface area contributed by atoms with Crippen LogP contribution in [0.25, 0.3) is 0 Å². The average Bonchev–Trinajstić information content (AvgIpc) is 2.18. The molecule has 0 aromatic heterocycles. The van der Waals surface area contributed by atoms with Gasteiger partial charge < -0.3 is 0 Å². The minimum absolute atomic E-state index is 1.05. The summed E-state index contributed by atoms with van der Waals surface area (Å²) < 4.78 is 0. The van der Waals surface area contributed by atoms with Crippen LogP contribution in [0, 0.1) is 0 Å². The number of allylic oxidation sites excluding steroid dienone is 8. The van der Waals surface area contributed by atoms with Gasteiger partial charge in [-0.15, -0.1) is 0 Å². The first-order valence-electron chi connectivity index (χ1n) is 5.12. The van der Waals surface area contributed by atoms with Gasteiger partial charge in [0, 0.05) is 0 Å². The van der Waals surface area contributed by atoms with Crippen LogP contribution in [0.5, 0.6) is 0 Å². The molecule has 1 rings (SSSR count). The lowest BCUT2D eigenvalue weighted by atomic mass is 10.2. The van der Waals surface area contributed by atoms with E-state index in [4.69, 9.17) is 0 Å². The zero-order chi connectivity index (χ0) is 9.19. The average molecular weight is 174 g/mol. The molecule has 0 fully saturated rings. The lowest BCUT2D eigenvalue weighted by molar-refractivity contribution is 0.866. The summed E-state index contributed by atoms with van der Waals surface area (Å²) in [4.78, 5) is 0. The molecule has 0 saturated heterocycles. The van der Waals surface area contributed by atoms with Crippen molar-refractivity contribution in [3.05, 3.63) is 48.6 Å². The van der Waals surface area contributed by atoms with Gasteiger partial charge in [0.25, 0.3) is 0 Å². The van der Waals surface area contributed by atoms with E-state index in [1.807, 2.05) is 0 Å². The van der Waals surface area contributed by atoms with Crippen LogP contribution >= 0.6 is 0 Å². The monoisotopic (exact) mass is 174 g/mol. The van der Waals surface area contributed by atoms with Crippen molar-refractivity contribution in [1.82, 2.24) is 0 Å². The Morgan fingerprint density at radius 2 is 1.15 bits per heavy atom. The predicted octanol–water partition coefficient (Wildman–Crippen LogP) is 4.18. The van der Waals surface area contributed by atoms with Gasteiger partial charge in [-0.25, -0.2) is 0 Å². The molecule has 0 amide bonds. The second-order valence-electron chi connectivity index (χ2n) is 3.20. The van der Waals surface area contributed by atoms with E-state index >= 15 is 0 Å². The molecule has 0 aromatic carbocycles. The first-order chi connectivity index (χ1) is 6.50. The highest BCUT2D eigenvalue weighted by Gasteiger charge is 1.80. The molecule has 0 bridgehead atoms. The molecular weight excluding hydrogens is 156 g/mol. The SMILES string of the molecule is C1=C\C/C=C\C/C=C\CCC\C=C/1. The summed E-state index contributed by atoms with van der Waals surface area (Å²) in [6.07, 6.45) is 23.5. The van der Waals surface area contributed by atoms with Gasteiger partial charge in [0.15, 0.2) is 0 Å². The number of hydrogen-bond acceptors (Lipinski definition) is 0. The van der Waals surface area contributed by atoms with Crippen LogP contribution in [0.1, 0.15) is 32.1 Å². The van der Waals surface area contributed by atoms with E-state index in [1.165, 1.54) is 19.3 Å². The smallest absolute Gasteiger partial charge is 0.0166 e. The van der Waals surface area contributed by atoms with E-state index in [9.17, 15) is 0 Å². The largest absolute Gasteiger partial charge is 0.0882 e. The van der Waals surface area contributed by atoms with E-state index in [1.54, 1.807) is 0 Å². The molecule has 0 saturated carbocycles. The van der Waals surface area contributed by atoms with Gasteiger partial charge in [-0.3, -0.25) is 0 Å². The maximum Gasteiger partial charge on any atom is -0.0166 e. The van der Waals surface area contributed by atoms with E-state index in [-0.39, 0.29) is 0 Å².